The van der Waals surface area contributed by atoms with E-state index in [4.69, 9.17) is 22.1 Å². The third-order valence-electron chi connectivity index (χ3n) is 3.58. The second-order valence-electron chi connectivity index (χ2n) is 5.65. The van der Waals surface area contributed by atoms with E-state index in [1.807, 2.05) is 0 Å². The maximum absolute atomic E-state index is 12.4. The number of nitrogens with one attached hydrogen (secondary N) is 1. The molecular formula is C20H21ClN2O3. The normalized spacial score (nSPS) is 11.1. The Morgan fingerprint density at radius 2 is 1.77 bits per heavy atom. The number of unbranched alkanes of at least 4 members (excludes halogenated alkanes) is 1. The van der Waals surface area contributed by atoms with Gasteiger partial charge in [0.05, 0.1) is 6.61 Å². The molecule has 0 radical (unpaired) electrons. The number of carbonyl (C=O) groups is 2. The zero-order valence-corrected chi connectivity index (χ0v) is 15.3. The summed E-state index contributed by atoms with van der Waals surface area (Å²) in [7, 11) is 0. The molecule has 0 unspecified atom stereocenters. The predicted octanol–water partition coefficient (Wildman–Crippen LogP) is 3.78. The molecule has 2 aromatic carbocycles. The van der Waals surface area contributed by atoms with Crippen LogP contribution >= 0.6 is 11.6 Å². The molecule has 2 aromatic rings. The van der Waals surface area contributed by atoms with Crippen LogP contribution in [0.5, 0.6) is 5.75 Å². The van der Waals surface area contributed by atoms with Gasteiger partial charge in [0.15, 0.2) is 0 Å². The molecule has 0 fully saturated rings. The molecule has 0 heterocycles. The quantitative estimate of drug-likeness (QED) is 0.546. The molecular weight excluding hydrogens is 352 g/mol. The third-order valence-corrected chi connectivity index (χ3v) is 3.83. The molecule has 5 nitrogen and oxygen atoms in total. The molecule has 2 amide bonds. The Kier molecular flexibility index (Phi) is 7.24. The van der Waals surface area contributed by atoms with Crippen molar-refractivity contribution in [2.24, 2.45) is 5.73 Å². The molecule has 0 bridgehead atoms. The van der Waals surface area contributed by atoms with E-state index in [0.29, 0.717) is 28.5 Å². The summed E-state index contributed by atoms with van der Waals surface area (Å²) in [6.45, 7) is 2.72. The fraction of sp³-hybridized carbons (Fsp3) is 0.200. The van der Waals surface area contributed by atoms with Crippen molar-refractivity contribution in [2.75, 3.05) is 6.61 Å². The molecule has 136 valence electrons. The summed E-state index contributed by atoms with van der Waals surface area (Å²) in [5, 5.41) is 3.12. The number of ether oxygens (including phenoxy) is 1. The molecule has 0 saturated heterocycles. The summed E-state index contributed by atoms with van der Waals surface area (Å²) in [5.41, 5.74) is 6.46. The molecule has 3 N–H and O–H groups in total. The largest absolute Gasteiger partial charge is 0.494 e. The number of primary amides is 1. The van der Waals surface area contributed by atoms with E-state index in [1.165, 1.54) is 6.08 Å². The van der Waals surface area contributed by atoms with Crippen molar-refractivity contribution in [1.29, 1.82) is 0 Å². The van der Waals surface area contributed by atoms with Gasteiger partial charge in [-0.25, -0.2) is 0 Å². The average Bonchev–Trinajstić information content (AvgIpc) is 2.63. The highest BCUT2D eigenvalue weighted by Crippen LogP contribution is 2.14. The Labute approximate surface area is 157 Å². The SMILES string of the molecule is CCCCOc1ccc(C(=O)N/C(=C/c2ccc(Cl)cc2)C(N)=O)cc1. The van der Waals surface area contributed by atoms with Gasteiger partial charge in [0.2, 0.25) is 0 Å². The second kappa shape index (κ2) is 9.63. The Hall–Kier alpha value is -2.79. The first-order valence-corrected chi connectivity index (χ1v) is 8.68. The van der Waals surface area contributed by atoms with Crippen LogP contribution in [0.4, 0.5) is 0 Å². The van der Waals surface area contributed by atoms with Crippen molar-refractivity contribution in [2.45, 2.75) is 19.8 Å². The van der Waals surface area contributed by atoms with Crippen LogP contribution in [0.2, 0.25) is 5.02 Å². The summed E-state index contributed by atoms with van der Waals surface area (Å²) in [4.78, 5) is 24.0. The van der Waals surface area contributed by atoms with E-state index in [-0.39, 0.29) is 5.70 Å². The zero-order valence-electron chi connectivity index (χ0n) is 14.5. The van der Waals surface area contributed by atoms with E-state index in [9.17, 15) is 9.59 Å². The summed E-state index contributed by atoms with van der Waals surface area (Å²) < 4.78 is 5.56. The topological polar surface area (TPSA) is 81.4 Å². The Morgan fingerprint density at radius 3 is 2.35 bits per heavy atom. The molecule has 0 atom stereocenters. The van der Waals surface area contributed by atoms with Crippen molar-refractivity contribution in [3.05, 3.63) is 70.4 Å². The number of hydrogen-bond donors (Lipinski definition) is 2. The minimum Gasteiger partial charge on any atom is -0.494 e. The molecule has 2 rings (SSSR count). The van der Waals surface area contributed by atoms with Crippen molar-refractivity contribution in [1.82, 2.24) is 5.32 Å². The van der Waals surface area contributed by atoms with Gasteiger partial charge in [0, 0.05) is 10.6 Å². The first kappa shape index (κ1) is 19.5. The number of amides is 2. The van der Waals surface area contributed by atoms with Crippen LogP contribution in [0.15, 0.2) is 54.2 Å². The zero-order chi connectivity index (χ0) is 18.9. The van der Waals surface area contributed by atoms with Gasteiger partial charge in [0.1, 0.15) is 11.4 Å². The minimum absolute atomic E-state index is 0.000551. The lowest BCUT2D eigenvalue weighted by Crippen LogP contribution is -2.31. The maximum Gasteiger partial charge on any atom is 0.265 e. The fourth-order valence-corrected chi connectivity index (χ4v) is 2.25. The smallest absolute Gasteiger partial charge is 0.265 e. The number of carbonyl (C=O) groups excluding carboxylic acids is 2. The van der Waals surface area contributed by atoms with Gasteiger partial charge in [-0.1, -0.05) is 37.1 Å². The van der Waals surface area contributed by atoms with Crippen molar-refractivity contribution >= 4 is 29.5 Å². The van der Waals surface area contributed by atoms with E-state index in [1.54, 1.807) is 48.5 Å². The third kappa shape index (κ3) is 5.93. The summed E-state index contributed by atoms with van der Waals surface area (Å²) in [6, 6.07) is 13.5. The molecule has 0 aliphatic heterocycles. The molecule has 0 aliphatic rings. The highest BCUT2D eigenvalue weighted by atomic mass is 35.5. The van der Waals surface area contributed by atoms with Crippen LogP contribution < -0.4 is 15.8 Å². The lowest BCUT2D eigenvalue weighted by atomic mass is 10.1. The number of hydrogen-bond acceptors (Lipinski definition) is 3. The molecule has 0 saturated carbocycles. The maximum atomic E-state index is 12.4. The van der Waals surface area contributed by atoms with Crippen LogP contribution in [-0.4, -0.2) is 18.4 Å². The van der Waals surface area contributed by atoms with Crippen molar-refractivity contribution < 1.29 is 14.3 Å². The van der Waals surface area contributed by atoms with Gasteiger partial charge >= 0.3 is 0 Å². The molecule has 0 aliphatic carbocycles. The number of benzene rings is 2. The first-order valence-electron chi connectivity index (χ1n) is 8.31. The van der Waals surface area contributed by atoms with Crippen LogP contribution in [-0.2, 0) is 4.79 Å². The summed E-state index contributed by atoms with van der Waals surface area (Å²) in [5.74, 6) is -0.459. The van der Waals surface area contributed by atoms with Crippen LogP contribution in [0.3, 0.4) is 0 Å². The Balaban J connectivity index is 2.07. The van der Waals surface area contributed by atoms with Gasteiger partial charge in [-0.15, -0.1) is 0 Å². The van der Waals surface area contributed by atoms with E-state index in [0.717, 1.165) is 12.8 Å². The van der Waals surface area contributed by atoms with Gasteiger partial charge in [-0.3, -0.25) is 9.59 Å². The molecule has 6 heteroatoms. The Morgan fingerprint density at radius 1 is 1.12 bits per heavy atom. The highest BCUT2D eigenvalue weighted by Gasteiger charge is 2.12. The van der Waals surface area contributed by atoms with Gasteiger partial charge in [0.25, 0.3) is 11.8 Å². The fourth-order valence-electron chi connectivity index (χ4n) is 2.13. The van der Waals surface area contributed by atoms with Gasteiger partial charge in [-0.2, -0.15) is 0 Å². The van der Waals surface area contributed by atoms with Crippen molar-refractivity contribution in [3.63, 3.8) is 0 Å². The second-order valence-corrected chi connectivity index (χ2v) is 6.09. The lowest BCUT2D eigenvalue weighted by Gasteiger charge is -2.09. The number of nitrogens with two attached hydrogens (primary N) is 1. The standard InChI is InChI=1S/C20H21ClN2O3/c1-2-3-12-26-17-10-6-15(7-11-17)20(25)23-18(19(22)24)13-14-4-8-16(21)9-5-14/h4-11,13H,2-3,12H2,1H3,(H2,22,24)(H,23,25)/b18-13+. The van der Waals surface area contributed by atoms with Crippen molar-refractivity contribution in [3.8, 4) is 5.75 Å². The van der Waals surface area contributed by atoms with Crippen LogP contribution in [0.25, 0.3) is 6.08 Å². The minimum atomic E-state index is -0.729. The van der Waals surface area contributed by atoms with Gasteiger partial charge in [-0.05, 0) is 54.5 Å². The monoisotopic (exact) mass is 372 g/mol. The van der Waals surface area contributed by atoms with E-state index >= 15 is 0 Å². The Bertz CT molecular complexity index is 784. The summed E-state index contributed by atoms with van der Waals surface area (Å²) >= 11 is 5.84. The van der Waals surface area contributed by atoms with E-state index in [2.05, 4.69) is 12.2 Å². The highest BCUT2D eigenvalue weighted by molar-refractivity contribution is 6.30. The molecule has 0 spiro atoms. The number of halogens is 1. The first-order chi connectivity index (χ1) is 12.5. The lowest BCUT2D eigenvalue weighted by molar-refractivity contribution is -0.114. The molecule has 26 heavy (non-hydrogen) atoms. The van der Waals surface area contributed by atoms with Crippen LogP contribution in [0, 0.1) is 0 Å². The average molecular weight is 373 g/mol. The summed E-state index contributed by atoms with van der Waals surface area (Å²) in [6.07, 6.45) is 3.52. The molecule has 0 aromatic heterocycles. The van der Waals surface area contributed by atoms with E-state index < -0.39 is 11.8 Å². The van der Waals surface area contributed by atoms with Crippen LogP contribution in [0.1, 0.15) is 35.7 Å². The number of rotatable bonds is 8. The van der Waals surface area contributed by atoms with Gasteiger partial charge < -0.3 is 15.8 Å². The predicted molar refractivity (Wildman–Crippen MR) is 103 cm³/mol.